The van der Waals surface area contributed by atoms with Crippen molar-refractivity contribution in [1.82, 2.24) is 0 Å². The van der Waals surface area contributed by atoms with Gasteiger partial charge in [-0.15, -0.1) is 11.3 Å². The normalized spacial score (nSPS) is 13.2. The number of hydrogen-bond acceptors (Lipinski definition) is 4. The minimum Gasteiger partial charge on any atom is -0.462 e. The van der Waals surface area contributed by atoms with E-state index in [2.05, 4.69) is 5.32 Å². The number of esters is 1. The van der Waals surface area contributed by atoms with Gasteiger partial charge < -0.3 is 10.1 Å². The topological polar surface area (TPSA) is 55.4 Å². The lowest BCUT2D eigenvalue weighted by Crippen LogP contribution is -2.17. The highest BCUT2D eigenvalue weighted by atomic mass is 32.1. The van der Waals surface area contributed by atoms with E-state index >= 15 is 0 Å². The van der Waals surface area contributed by atoms with E-state index in [0.717, 1.165) is 47.6 Å². The number of benzene rings is 2. The number of carbonyl (C=O) groups is 2. The zero-order valence-corrected chi connectivity index (χ0v) is 16.7. The second-order valence-corrected chi connectivity index (χ2v) is 8.10. The highest BCUT2D eigenvalue weighted by molar-refractivity contribution is 7.17. The lowest BCUT2D eigenvalue weighted by Gasteiger charge is -2.12. The summed E-state index contributed by atoms with van der Waals surface area (Å²) in [6, 6.07) is 14.0. The van der Waals surface area contributed by atoms with Gasteiger partial charge in [0.25, 0.3) is 0 Å². The predicted octanol–water partition coefficient (Wildman–Crippen LogP) is 5.14. The van der Waals surface area contributed by atoms with Crippen molar-refractivity contribution in [2.45, 2.75) is 39.0 Å². The fourth-order valence-electron chi connectivity index (χ4n) is 3.86. The Morgan fingerprint density at radius 1 is 1.07 bits per heavy atom. The molecule has 0 unspecified atom stereocenters. The number of thiophene rings is 1. The van der Waals surface area contributed by atoms with E-state index < -0.39 is 0 Å². The molecule has 0 atom stereocenters. The number of ether oxygens (including phenoxy) is 1. The summed E-state index contributed by atoms with van der Waals surface area (Å²) < 4.78 is 5.27. The van der Waals surface area contributed by atoms with Crippen LogP contribution in [0, 0.1) is 0 Å². The lowest BCUT2D eigenvalue weighted by atomic mass is 9.95. The van der Waals surface area contributed by atoms with Crippen LogP contribution >= 0.6 is 11.3 Å². The third-order valence-corrected chi connectivity index (χ3v) is 6.34. The largest absolute Gasteiger partial charge is 0.462 e. The lowest BCUT2D eigenvalue weighted by molar-refractivity contribution is -0.115. The Bertz CT molecular complexity index is 1030. The second kappa shape index (κ2) is 8.15. The first-order valence-corrected chi connectivity index (χ1v) is 10.6. The van der Waals surface area contributed by atoms with Gasteiger partial charge in [0.05, 0.1) is 18.6 Å². The van der Waals surface area contributed by atoms with Crippen molar-refractivity contribution in [3.05, 3.63) is 64.0 Å². The van der Waals surface area contributed by atoms with Crippen molar-refractivity contribution in [3.8, 4) is 0 Å². The molecular weight excluding hydrogens is 370 g/mol. The van der Waals surface area contributed by atoms with Gasteiger partial charge in [0.1, 0.15) is 5.00 Å². The van der Waals surface area contributed by atoms with E-state index in [4.69, 9.17) is 4.74 Å². The predicted molar refractivity (Wildman–Crippen MR) is 113 cm³/mol. The van der Waals surface area contributed by atoms with Crippen LogP contribution in [0.2, 0.25) is 0 Å². The maximum Gasteiger partial charge on any atom is 0.341 e. The highest BCUT2D eigenvalue weighted by Crippen LogP contribution is 2.38. The van der Waals surface area contributed by atoms with Gasteiger partial charge in [0, 0.05) is 4.88 Å². The van der Waals surface area contributed by atoms with Crippen LogP contribution in [-0.4, -0.2) is 18.5 Å². The van der Waals surface area contributed by atoms with Gasteiger partial charge in [-0.2, -0.15) is 0 Å². The quantitative estimate of drug-likeness (QED) is 0.611. The number of carbonyl (C=O) groups excluding carboxylic acids is 2. The molecule has 0 spiro atoms. The molecule has 4 nitrogen and oxygen atoms in total. The Labute approximate surface area is 168 Å². The van der Waals surface area contributed by atoms with E-state index in [1.165, 1.54) is 16.2 Å². The molecule has 0 radical (unpaired) electrons. The zero-order valence-electron chi connectivity index (χ0n) is 15.9. The van der Waals surface area contributed by atoms with E-state index in [1.54, 1.807) is 6.92 Å². The van der Waals surface area contributed by atoms with Crippen LogP contribution in [0.3, 0.4) is 0 Å². The molecule has 0 aliphatic heterocycles. The molecule has 1 amide bonds. The van der Waals surface area contributed by atoms with Crippen molar-refractivity contribution in [2.24, 2.45) is 0 Å². The summed E-state index contributed by atoms with van der Waals surface area (Å²) in [5.41, 5.74) is 2.61. The van der Waals surface area contributed by atoms with Crippen LogP contribution in [0.5, 0.6) is 0 Å². The van der Waals surface area contributed by atoms with Crippen LogP contribution in [0.4, 0.5) is 5.00 Å². The molecule has 0 saturated carbocycles. The Balaban J connectivity index is 1.60. The standard InChI is InChI=1S/C23H23NO3S/c1-2-27-23(26)21-18-12-5-6-13-19(18)28-22(21)24-20(25)14-16-10-7-9-15-8-3-4-11-17(15)16/h3-4,7-11H,2,5-6,12-14H2,1H3,(H,24,25). The third kappa shape index (κ3) is 3.67. The summed E-state index contributed by atoms with van der Waals surface area (Å²) in [5.74, 6) is -0.442. The minimum atomic E-state index is -0.331. The number of rotatable bonds is 5. The van der Waals surface area contributed by atoms with Gasteiger partial charge in [-0.1, -0.05) is 42.5 Å². The molecule has 0 fully saturated rings. The number of fused-ring (bicyclic) bond motifs is 2. The summed E-state index contributed by atoms with van der Waals surface area (Å²) in [5, 5.41) is 5.83. The van der Waals surface area contributed by atoms with Crippen molar-refractivity contribution in [2.75, 3.05) is 11.9 Å². The Hall–Kier alpha value is -2.66. The minimum absolute atomic E-state index is 0.111. The molecule has 0 saturated heterocycles. The summed E-state index contributed by atoms with van der Waals surface area (Å²) in [6.45, 7) is 2.13. The van der Waals surface area contributed by atoms with Gasteiger partial charge in [0.2, 0.25) is 5.91 Å². The molecule has 144 valence electrons. The molecule has 1 N–H and O–H groups in total. The van der Waals surface area contributed by atoms with Gasteiger partial charge in [-0.05, 0) is 54.5 Å². The number of aryl methyl sites for hydroxylation is 1. The molecular formula is C23H23NO3S. The highest BCUT2D eigenvalue weighted by Gasteiger charge is 2.27. The maximum absolute atomic E-state index is 12.8. The molecule has 1 heterocycles. The van der Waals surface area contributed by atoms with Crippen LogP contribution in [0.15, 0.2) is 42.5 Å². The average molecular weight is 394 g/mol. The third-order valence-electron chi connectivity index (χ3n) is 5.13. The van der Waals surface area contributed by atoms with Gasteiger partial charge >= 0.3 is 5.97 Å². The van der Waals surface area contributed by atoms with Crippen molar-refractivity contribution in [1.29, 1.82) is 0 Å². The van der Waals surface area contributed by atoms with Crippen LogP contribution in [0.25, 0.3) is 10.8 Å². The van der Waals surface area contributed by atoms with E-state index in [0.29, 0.717) is 17.2 Å². The Morgan fingerprint density at radius 2 is 1.86 bits per heavy atom. The van der Waals surface area contributed by atoms with Crippen LogP contribution in [0.1, 0.15) is 46.1 Å². The monoisotopic (exact) mass is 393 g/mol. The van der Waals surface area contributed by atoms with Crippen LogP contribution < -0.4 is 5.32 Å². The fraction of sp³-hybridized carbons (Fsp3) is 0.304. The first-order valence-electron chi connectivity index (χ1n) is 9.75. The Morgan fingerprint density at radius 3 is 2.71 bits per heavy atom. The van der Waals surface area contributed by atoms with Gasteiger partial charge in [0.15, 0.2) is 0 Å². The molecule has 0 bridgehead atoms. The summed E-state index contributed by atoms with van der Waals surface area (Å²) in [7, 11) is 0. The first-order chi connectivity index (χ1) is 13.7. The molecule has 28 heavy (non-hydrogen) atoms. The van der Waals surface area contributed by atoms with Gasteiger partial charge in [-0.3, -0.25) is 4.79 Å². The first kappa shape index (κ1) is 18.7. The SMILES string of the molecule is CCOC(=O)c1c(NC(=O)Cc2cccc3ccccc23)sc2c1CCCC2. The number of nitrogens with one attached hydrogen (secondary N) is 1. The van der Waals surface area contributed by atoms with Crippen LogP contribution in [-0.2, 0) is 28.8 Å². The molecule has 1 aromatic heterocycles. The number of hydrogen-bond donors (Lipinski definition) is 1. The molecule has 1 aliphatic rings. The zero-order chi connectivity index (χ0) is 19.5. The summed E-state index contributed by atoms with van der Waals surface area (Å²) in [4.78, 5) is 26.6. The fourth-order valence-corrected chi connectivity index (χ4v) is 5.16. The van der Waals surface area contributed by atoms with Crippen molar-refractivity contribution in [3.63, 3.8) is 0 Å². The summed E-state index contributed by atoms with van der Waals surface area (Å²) in [6.07, 6.45) is 4.30. The van der Waals surface area contributed by atoms with Gasteiger partial charge in [-0.25, -0.2) is 4.79 Å². The van der Waals surface area contributed by atoms with E-state index in [1.807, 2.05) is 42.5 Å². The molecule has 2 aromatic carbocycles. The van der Waals surface area contributed by atoms with Crippen molar-refractivity contribution >= 4 is 39.0 Å². The second-order valence-electron chi connectivity index (χ2n) is 7.00. The summed E-state index contributed by atoms with van der Waals surface area (Å²) >= 11 is 1.53. The van der Waals surface area contributed by atoms with Crippen molar-refractivity contribution < 1.29 is 14.3 Å². The molecule has 5 heteroatoms. The smallest absolute Gasteiger partial charge is 0.341 e. The Kier molecular flexibility index (Phi) is 5.44. The average Bonchev–Trinajstić information content (AvgIpc) is 3.06. The number of anilines is 1. The molecule has 1 aliphatic carbocycles. The van der Waals surface area contributed by atoms with E-state index in [9.17, 15) is 9.59 Å². The molecule has 3 aromatic rings. The molecule has 4 rings (SSSR count). The van der Waals surface area contributed by atoms with E-state index in [-0.39, 0.29) is 18.3 Å². The maximum atomic E-state index is 12.8. The number of amides is 1.